The smallest absolute Gasteiger partial charge is 0.262 e. The lowest BCUT2D eigenvalue weighted by atomic mass is 10.3. The van der Waals surface area contributed by atoms with E-state index in [0.717, 1.165) is 17.2 Å². The third-order valence-electron chi connectivity index (χ3n) is 2.79. The van der Waals surface area contributed by atoms with Gasteiger partial charge in [-0.05, 0) is 6.92 Å². The van der Waals surface area contributed by atoms with E-state index in [1.807, 2.05) is 0 Å². The Balaban J connectivity index is 2.36. The molecule has 0 unspecified atom stereocenters. The molecule has 2 heterocycles. The fourth-order valence-electron chi connectivity index (χ4n) is 1.79. The lowest BCUT2D eigenvalue weighted by molar-refractivity contribution is 0.440. The molecule has 1 fully saturated rings. The van der Waals surface area contributed by atoms with Crippen LogP contribution in [-0.4, -0.2) is 47.5 Å². The zero-order valence-electron chi connectivity index (χ0n) is 9.64. The molecule has 1 aromatic heterocycles. The van der Waals surface area contributed by atoms with E-state index in [2.05, 4.69) is 10.2 Å². The average molecular weight is 276 g/mol. The van der Waals surface area contributed by atoms with Gasteiger partial charge >= 0.3 is 0 Å². The van der Waals surface area contributed by atoms with E-state index < -0.39 is 10.0 Å². The summed E-state index contributed by atoms with van der Waals surface area (Å²) in [5, 5.41) is 6.67. The van der Waals surface area contributed by atoms with E-state index in [0.29, 0.717) is 18.7 Å². The average Bonchev–Trinajstić information content (AvgIpc) is 2.72. The second kappa shape index (κ2) is 4.97. The Bertz CT molecular complexity index is 491. The lowest BCUT2D eigenvalue weighted by Crippen LogP contribution is -2.38. The fourth-order valence-corrected chi connectivity index (χ4v) is 4.54. The van der Waals surface area contributed by atoms with Crippen LogP contribution in [0.15, 0.2) is 5.03 Å². The third kappa shape index (κ3) is 2.35. The van der Waals surface area contributed by atoms with Crippen LogP contribution in [-0.2, 0) is 16.6 Å². The standard InChI is InChI=1S/C9H16N4O2S2/c1-7-8(6-10)9(12-11-7)17(14,15)13-2-4-16-5-3-13/h2-6,10H2,1H3,(H,11,12). The van der Waals surface area contributed by atoms with E-state index in [4.69, 9.17) is 5.73 Å². The van der Waals surface area contributed by atoms with Crippen molar-refractivity contribution >= 4 is 21.8 Å². The molecule has 0 atom stereocenters. The van der Waals surface area contributed by atoms with Gasteiger partial charge in [-0.3, -0.25) is 5.10 Å². The molecule has 1 saturated heterocycles. The summed E-state index contributed by atoms with van der Waals surface area (Å²) < 4.78 is 26.2. The van der Waals surface area contributed by atoms with Crippen LogP contribution in [0.3, 0.4) is 0 Å². The molecule has 0 spiro atoms. The van der Waals surface area contributed by atoms with Crippen LogP contribution in [0.1, 0.15) is 11.3 Å². The van der Waals surface area contributed by atoms with Crippen molar-refractivity contribution in [1.29, 1.82) is 0 Å². The van der Waals surface area contributed by atoms with Crippen molar-refractivity contribution in [3.63, 3.8) is 0 Å². The zero-order valence-corrected chi connectivity index (χ0v) is 11.3. The Kier molecular flexibility index (Phi) is 3.76. The molecule has 0 bridgehead atoms. The monoisotopic (exact) mass is 276 g/mol. The highest BCUT2D eigenvalue weighted by Crippen LogP contribution is 2.22. The van der Waals surface area contributed by atoms with Gasteiger partial charge in [-0.15, -0.1) is 0 Å². The van der Waals surface area contributed by atoms with Gasteiger partial charge in [-0.1, -0.05) is 0 Å². The summed E-state index contributed by atoms with van der Waals surface area (Å²) in [6.45, 7) is 3.05. The van der Waals surface area contributed by atoms with Crippen molar-refractivity contribution in [2.24, 2.45) is 5.73 Å². The van der Waals surface area contributed by atoms with Gasteiger partial charge in [0, 0.05) is 42.4 Å². The summed E-state index contributed by atoms with van der Waals surface area (Å²) >= 11 is 1.77. The molecule has 0 saturated carbocycles. The van der Waals surface area contributed by atoms with E-state index in [9.17, 15) is 8.42 Å². The molecule has 0 aliphatic carbocycles. The minimum atomic E-state index is -3.49. The second-order valence-electron chi connectivity index (χ2n) is 3.85. The van der Waals surface area contributed by atoms with Gasteiger partial charge in [0.2, 0.25) is 0 Å². The number of sulfonamides is 1. The molecule has 96 valence electrons. The Hall–Kier alpha value is -0.570. The van der Waals surface area contributed by atoms with Crippen molar-refractivity contribution < 1.29 is 8.42 Å². The van der Waals surface area contributed by atoms with E-state index >= 15 is 0 Å². The van der Waals surface area contributed by atoms with Gasteiger partial charge in [0.15, 0.2) is 5.03 Å². The molecule has 0 radical (unpaired) electrons. The van der Waals surface area contributed by atoms with Crippen LogP contribution in [0.2, 0.25) is 0 Å². The predicted molar refractivity (Wildman–Crippen MR) is 67.3 cm³/mol. The maximum atomic E-state index is 12.4. The number of hydrogen-bond acceptors (Lipinski definition) is 5. The molecule has 0 aromatic carbocycles. The molecule has 0 amide bonds. The summed E-state index contributed by atoms with van der Waals surface area (Å²) in [6.07, 6.45) is 0. The Morgan fingerprint density at radius 3 is 2.71 bits per heavy atom. The van der Waals surface area contributed by atoms with Crippen LogP contribution in [0, 0.1) is 6.92 Å². The quantitative estimate of drug-likeness (QED) is 0.805. The van der Waals surface area contributed by atoms with E-state index in [1.54, 1.807) is 18.7 Å². The van der Waals surface area contributed by atoms with E-state index in [1.165, 1.54) is 4.31 Å². The Morgan fingerprint density at radius 1 is 1.47 bits per heavy atom. The molecule has 3 N–H and O–H groups in total. The highest BCUT2D eigenvalue weighted by atomic mass is 32.2. The summed E-state index contributed by atoms with van der Waals surface area (Å²) in [6, 6.07) is 0. The van der Waals surface area contributed by atoms with Crippen LogP contribution in [0.5, 0.6) is 0 Å². The molecule has 2 rings (SSSR count). The normalized spacial score (nSPS) is 18.5. The first-order valence-electron chi connectivity index (χ1n) is 5.39. The molecule has 17 heavy (non-hydrogen) atoms. The first-order chi connectivity index (χ1) is 8.07. The summed E-state index contributed by atoms with van der Waals surface area (Å²) in [5.74, 6) is 1.67. The number of hydrogen-bond donors (Lipinski definition) is 2. The predicted octanol–water partition coefficient (Wildman–Crippen LogP) is -0.0857. The number of nitrogens with one attached hydrogen (secondary N) is 1. The Morgan fingerprint density at radius 2 is 2.12 bits per heavy atom. The number of nitrogens with two attached hydrogens (primary N) is 1. The molecular weight excluding hydrogens is 260 g/mol. The number of H-pyrrole nitrogens is 1. The number of aromatic amines is 1. The largest absolute Gasteiger partial charge is 0.326 e. The SMILES string of the molecule is Cc1[nH]nc(S(=O)(=O)N2CCSCC2)c1CN. The van der Waals surface area contributed by atoms with Crippen molar-refractivity contribution in [2.75, 3.05) is 24.6 Å². The zero-order chi connectivity index (χ0) is 12.5. The maximum absolute atomic E-state index is 12.4. The van der Waals surface area contributed by atoms with Gasteiger partial charge in [-0.25, -0.2) is 8.42 Å². The van der Waals surface area contributed by atoms with Crippen LogP contribution in [0.4, 0.5) is 0 Å². The second-order valence-corrected chi connectivity index (χ2v) is 6.93. The molecular formula is C9H16N4O2S2. The number of aromatic nitrogens is 2. The van der Waals surface area contributed by atoms with Gasteiger partial charge < -0.3 is 5.73 Å². The number of nitrogens with zero attached hydrogens (tertiary/aromatic N) is 2. The van der Waals surface area contributed by atoms with Crippen LogP contribution in [0.25, 0.3) is 0 Å². The first kappa shape index (κ1) is 12.9. The molecule has 1 aliphatic heterocycles. The molecule has 1 aromatic rings. The number of aryl methyl sites for hydroxylation is 1. The van der Waals surface area contributed by atoms with Crippen LogP contribution >= 0.6 is 11.8 Å². The minimum Gasteiger partial charge on any atom is -0.326 e. The van der Waals surface area contributed by atoms with Crippen LogP contribution < -0.4 is 5.73 Å². The third-order valence-corrected chi connectivity index (χ3v) is 5.61. The number of thioether (sulfide) groups is 1. The summed E-state index contributed by atoms with van der Waals surface area (Å²) in [5.41, 5.74) is 6.88. The Labute approximate surface area is 105 Å². The maximum Gasteiger partial charge on any atom is 0.262 e. The highest BCUT2D eigenvalue weighted by molar-refractivity contribution is 7.99. The van der Waals surface area contributed by atoms with E-state index in [-0.39, 0.29) is 11.6 Å². The fraction of sp³-hybridized carbons (Fsp3) is 0.667. The minimum absolute atomic E-state index is 0.0874. The van der Waals surface area contributed by atoms with Crippen molar-refractivity contribution in [3.8, 4) is 0 Å². The number of rotatable bonds is 3. The lowest BCUT2D eigenvalue weighted by Gasteiger charge is -2.24. The van der Waals surface area contributed by atoms with Crippen molar-refractivity contribution in [1.82, 2.24) is 14.5 Å². The van der Waals surface area contributed by atoms with Gasteiger partial charge in [0.25, 0.3) is 10.0 Å². The van der Waals surface area contributed by atoms with Crippen molar-refractivity contribution in [3.05, 3.63) is 11.3 Å². The van der Waals surface area contributed by atoms with Gasteiger partial charge in [0.05, 0.1) is 0 Å². The summed E-state index contributed by atoms with van der Waals surface area (Å²) in [4.78, 5) is 0. The molecule has 6 nitrogen and oxygen atoms in total. The van der Waals surface area contributed by atoms with Crippen molar-refractivity contribution in [2.45, 2.75) is 18.5 Å². The first-order valence-corrected chi connectivity index (χ1v) is 7.98. The molecule has 1 aliphatic rings. The topological polar surface area (TPSA) is 92.1 Å². The highest BCUT2D eigenvalue weighted by Gasteiger charge is 2.30. The summed E-state index contributed by atoms with van der Waals surface area (Å²) in [7, 11) is -3.49. The molecule has 8 heteroatoms. The van der Waals surface area contributed by atoms with Gasteiger partial charge in [-0.2, -0.15) is 21.2 Å². The van der Waals surface area contributed by atoms with Gasteiger partial charge in [0.1, 0.15) is 0 Å².